The molecule has 0 bridgehead atoms. The van der Waals surface area contributed by atoms with Gasteiger partial charge in [0.2, 0.25) is 0 Å². The van der Waals surface area contributed by atoms with Crippen LogP contribution in [0.4, 0.5) is 5.69 Å². The minimum absolute atomic E-state index is 0.273. The van der Waals surface area contributed by atoms with Crippen LogP contribution in [0.5, 0.6) is 0 Å². The van der Waals surface area contributed by atoms with Gasteiger partial charge in [-0.3, -0.25) is 9.89 Å². The molecule has 0 aliphatic rings. The van der Waals surface area contributed by atoms with E-state index in [4.69, 9.17) is 0 Å². The van der Waals surface area contributed by atoms with Crippen molar-refractivity contribution in [1.82, 2.24) is 25.1 Å². The van der Waals surface area contributed by atoms with E-state index in [2.05, 4.69) is 30.5 Å². The van der Waals surface area contributed by atoms with Gasteiger partial charge in [0.05, 0.1) is 22.9 Å². The van der Waals surface area contributed by atoms with Crippen molar-refractivity contribution in [2.24, 2.45) is 0 Å². The fourth-order valence-electron chi connectivity index (χ4n) is 2.34. The van der Waals surface area contributed by atoms with Gasteiger partial charge in [0.15, 0.2) is 5.65 Å². The number of nitrogens with one attached hydrogen (secondary N) is 3. The van der Waals surface area contributed by atoms with Gasteiger partial charge >= 0.3 is 0 Å². The summed E-state index contributed by atoms with van der Waals surface area (Å²) < 4.78 is 0. The first-order valence-corrected chi connectivity index (χ1v) is 6.77. The van der Waals surface area contributed by atoms with E-state index in [1.54, 1.807) is 18.5 Å². The smallest absolute Gasteiger partial charge is 0.274 e. The standard InChI is InChI=1S/C15H12N6O/c1-8-10-6-9(7-17-14(10)21-20-8)18-15(22)13-3-2-11-12(19-13)4-5-16-11/h2-7,16H,1H3,(H,18,22)(H,17,20,21). The quantitative estimate of drug-likeness (QED) is 0.528. The number of aromatic amines is 2. The number of anilines is 1. The Morgan fingerprint density at radius 2 is 2.18 bits per heavy atom. The highest BCUT2D eigenvalue weighted by molar-refractivity contribution is 6.04. The molecule has 0 fully saturated rings. The molecule has 1 amide bonds. The summed E-state index contributed by atoms with van der Waals surface area (Å²) in [4.78, 5) is 23.9. The molecule has 0 aliphatic heterocycles. The van der Waals surface area contributed by atoms with Crippen molar-refractivity contribution < 1.29 is 4.79 Å². The molecule has 4 aromatic rings. The van der Waals surface area contributed by atoms with Crippen molar-refractivity contribution in [2.75, 3.05) is 5.32 Å². The first-order valence-electron chi connectivity index (χ1n) is 6.77. The molecule has 4 aromatic heterocycles. The largest absolute Gasteiger partial charge is 0.360 e. The average Bonchev–Trinajstić information content (AvgIpc) is 3.13. The van der Waals surface area contributed by atoms with Crippen molar-refractivity contribution in [1.29, 1.82) is 0 Å². The molecule has 0 saturated heterocycles. The van der Waals surface area contributed by atoms with Crippen LogP contribution < -0.4 is 5.32 Å². The molecule has 7 heteroatoms. The summed E-state index contributed by atoms with van der Waals surface area (Å²) in [5.41, 5.74) is 4.16. The van der Waals surface area contributed by atoms with Gasteiger partial charge in [0.1, 0.15) is 5.69 Å². The Labute approximate surface area is 124 Å². The molecule has 3 N–H and O–H groups in total. The number of hydrogen-bond donors (Lipinski definition) is 3. The number of hydrogen-bond acceptors (Lipinski definition) is 4. The number of pyridine rings is 2. The second kappa shape index (κ2) is 4.66. The first-order chi connectivity index (χ1) is 10.7. The molecule has 7 nitrogen and oxygen atoms in total. The Kier molecular flexibility index (Phi) is 2.65. The van der Waals surface area contributed by atoms with Crippen LogP contribution in [0.15, 0.2) is 36.7 Å². The highest BCUT2D eigenvalue weighted by Crippen LogP contribution is 2.18. The van der Waals surface area contributed by atoms with Gasteiger partial charge in [-0.1, -0.05) is 0 Å². The van der Waals surface area contributed by atoms with Crippen molar-refractivity contribution in [2.45, 2.75) is 6.92 Å². The summed E-state index contributed by atoms with van der Waals surface area (Å²) in [7, 11) is 0. The minimum Gasteiger partial charge on any atom is -0.360 e. The van der Waals surface area contributed by atoms with E-state index >= 15 is 0 Å². The predicted molar refractivity (Wildman–Crippen MR) is 82.7 cm³/mol. The monoisotopic (exact) mass is 292 g/mol. The van der Waals surface area contributed by atoms with Crippen molar-refractivity contribution in [3.8, 4) is 0 Å². The highest BCUT2D eigenvalue weighted by atomic mass is 16.1. The number of carbonyl (C=O) groups is 1. The molecule has 108 valence electrons. The van der Waals surface area contributed by atoms with Crippen LogP contribution in [0, 0.1) is 6.92 Å². The summed E-state index contributed by atoms with van der Waals surface area (Å²) >= 11 is 0. The Balaban J connectivity index is 1.65. The van der Waals surface area contributed by atoms with Gasteiger partial charge in [-0.05, 0) is 31.2 Å². The molecule has 0 aromatic carbocycles. The molecule has 0 aliphatic carbocycles. The summed E-state index contributed by atoms with van der Waals surface area (Å²) in [5.74, 6) is -0.273. The lowest BCUT2D eigenvalue weighted by atomic mass is 10.2. The second-order valence-electron chi connectivity index (χ2n) is 5.00. The number of fused-ring (bicyclic) bond motifs is 2. The highest BCUT2D eigenvalue weighted by Gasteiger charge is 2.11. The molecule has 0 spiro atoms. The molecule has 0 atom stereocenters. The number of aryl methyl sites for hydroxylation is 1. The van der Waals surface area contributed by atoms with Crippen LogP contribution in [0.2, 0.25) is 0 Å². The predicted octanol–water partition coefficient (Wildman–Crippen LogP) is 2.39. The minimum atomic E-state index is -0.273. The lowest BCUT2D eigenvalue weighted by Gasteiger charge is -2.04. The Morgan fingerprint density at radius 1 is 1.27 bits per heavy atom. The topological polar surface area (TPSA) is 99.4 Å². The van der Waals surface area contributed by atoms with Crippen LogP contribution in [0.25, 0.3) is 22.1 Å². The van der Waals surface area contributed by atoms with Crippen molar-refractivity contribution >= 4 is 33.7 Å². The van der Waals surface area contributed by atoms with Gasteiger partial charge in [-0.15, -0.1) is 0 Å². The SMILES string of the molecule is Cc1[nH]nc2ncc(NC(=O)c3ccc4[nH]ccc4n3)cc12. The molecule has 22 heavy (non-hydrogen) atoms. The average molecular weight is 292 g/mol. The molecular formula is C15H12N6O. The summed E-state index contributed by atoms with van der Waals surface area (Å²) in [6, 6.07) is 7.19. The zero-order valence-electron chi connectivity index (χ0n) is 11.7. The van der Waals surface area contributed by atoms with E-state index in [0.29, 0.717) is 17.0 Å². The second-order valence-corrected chi connectivity index (χ2v) is 5.00. The van der Waals surface area contributed by atoms with Crippen LogP contribution in [-0.4, -0.2) is 31.1 Å². The number of nitrogens with zero attached hydrogens (tertiary/aromatic N) is 3. The maximum absolute atomic E-state index is 12.3. The van der Waals surface area contributed by atoms with E-state index in [0.717, 1.165) is 22.1 Å². The Bertz CT molecular complexity index is 1000. The Morgan fingerprint density at radius 3 is 3.09 bits per heavy atom. The number of amides is 1. The normalized spacial score (nSPS) is 11.1. The zero-order chi connectivity index (χ0) is 15.1. The van der Waals surface area contributed by atoms with Gasteiger partial charge in [0.25, 0.3) is 5.91 Å². The van der Waals surface area contributed by atoms with E-state index in [9.17, 15) is 4.79 Å². The first kappa shape index (κ1) is 12.5. The fraction of sp³-hybridized carbons (Fsp3) is 0.0667. The van der Waals surface area contributed by atoms with Gasteiger partial charge in [-0.25, -0.2) is 9.97 Å². The van der Waals surface area contributed by atoms with Gasteiger partial charge in [-0.2, -0.15) is 5.10 Å². The van der Waals surface area contributed by atoms with Gasteiger partial charge in [0, 0.05) is 17.3 Å². The van der Waals surface area contributed by atoms with Crippen LogP contribution in [-0.2, 0) is 0 Å². The molecule has 0 unspecified atom stereocenters. The van der Waals surface area contributed by atoms with E-state index in [-0.39, 0.29) is 5.91 Å². The number of rotatable bonds is 2. The molecule has 0 saturated carbocycles. The van der Waals surface area contributed by atoms with Crippen molar-refractivity contribution in [3.63, 3.8) is 0 Å². The van der Waals surface area contributed by atoms with E-state index in [1.807, 2.05) is 25.1 Å². The fourth-order valence-corrected chi connectivity index (χ4v) is 2.34. The molecule has 4 rings (SSSR count). The van der Waals surface area contributed by atoms with Gasteiger partial charge < -0.3 is 10.3 Å². The zero-order valence-corrected chi connectivity index (χ0v) is 11.7. The van der Waals surface area contributed by atoms with Crippen LogP contribution in [0.1, 0.15) is 16.2 Å². The third kappa shape index (κ3) is 1.99. The third-order valence-electron chi connectivity index (χ3n) is 3.50. The van der Waals surface area contributed by atoms with Crippen LogP contribution >= 0.6 is 0 Å². The third-order valence-corrected chi connectivity index (χ3v) is 3.50. The summed E-state index contributed by atoms with van der Waals surface area (Å²) in [6.07, 6.45) is 3.37. The number of carbonyl (C=O) groups excluding carboxylic acids is 1. The molecule has 0 radical (unpaired) electrons. The van der Waals surface area contributed by atoms with E-state index < -0.39 is 0 Å². The molecule has 4 heterocycles. The lowest BCUT2D eigenvalue weighted by molar-refractivity contribution is 0.102. The number of H-pyrrole nitrogens is 2. The Hall–Kier alpha value is -3.22. The maximum Gasteiger partial charge on any atom is 0.274 e. The maximum atomic E-state index is 12.3. The molecular weight excluding hydrogens is 280 g/mol. The van der Waals surface area contributed by atoms with Crippen LogP contribution in [0.3, 0.4) is 0 Å². The number of aromatic nitrogens is 5. The van der Waals surface area contributed by atoms with Crippen molar-refractivity contribution in [3.05, 3.63) is 48.0 Å². The lowest BCUT2D eigenvalue weighted by Crippen LogP contribution is -2.13. The summed E-state index contributed by atoms with van der Waals surface area (Å²) in [6.45, 7) is 1.91. The van der Waals surface area contributed by atoms with E-state index in [1.165, 1.54) is 0 Å². The summed E-state index contributed by atoms with van der Waals surface area (Å²) in [5, 5.41) is 10.6.